The fourth-order valence-electron chi connectivity index (χ4n) is 1.53. The van der Waals surface area contributed by atoms with Gasteiger partial charge in [-0.05, 0) is 46.6 Å². The summed E-state index contributed by atoms with van der Waals surface area (Å²) in [6, 6.07) is 0.213. The van der Waals surface area contributed by atoms with Crippen LogP contribution in [-0.2, 0) is 4.79 Å². The molecule has 0 aliphatic heterocycles. The maximum Gasteiger partial charge on any atom is 0.234 e. The van der Waals surface area contributed by atoms with Crippen molar-refractivity contribution in [3.05, 3.63) is 0 Å². The molecule has 0 aromatic heterocycles. The predicted molar refractivity (Wildman–Crippen MR) is 75.5 cm³/mol. The first-order valence-electron chi connectivity index (χ1n) is 6.80. The zero-order valence-electron chi connectivity index (χ0n) is 12.8. The van der Waals surface area contributed by atoms with E-state index in [-0.39, 0.29) is 24.1 Å². The van der Waals surface area contributed by atoms with Crippen molar-refractivity contribution in [3.8, 4) is 0 Å². The lowest BCUT2D eigenvalue weighted by Crippen LogP contribution is -2.49. The number of carbonyl (C=O) groups excluding carboxylic acids is 1. The van der Waals surface area contributed by atoms with Crippen LogP contribution in [0.15, 0.2) is 0 Å². The van der Waals surface area contributed by atoms with Gasteiger partial charge in [-0.15, -0.1) is 0 Å². The summed E-state index contributed by atoms with van der Waals surface area (Å²) in [7, 11) is 1.86. The Labute approximate surface area is 112 Å². The van der Waals surface area contributed by atoms with Crippen LogP contribution in [0.1, 0.15) is 47.5 Å². The third-order valence-electron chi connectivity index (χ3n) is 3.39. The third-order valence-corrected chi connectivity index (χ3v) is 3.39. The number of nitrogens with zero attached hydrogens (tertiary/aromatic N) is 1. The Kier molecular flexibility index (Phi) is 7.48. The molecule has 0 spiro atoms. The molecule has 0 aromatic rings. The van der Waals surface area contributed by atoms with Crippen molar-refractivity contribution < 1.29 is 9.90 Å². The standard InChI is InChI=1S/C14H30N2O2/c1-11(2)7-8-12(3)15-13(18)9-16(6)14(4,5)10-17/h11-12,17H,7-10H2,1-6H3,(H,15,18). The Morgan fingerprint density at radius 2 is 1.83 bits per heavy atom. The molecule has 0 aliphatic carbocycles. The van der Waals surface area contributed by atoms with Crippen LogP contribution in [0.4, 0.5) is 0 Å². The average molecular weight is 258 g/mol. The van der Waals surface area contributed by atoms with Gasteiger partial charge in [-0.25, -0.2) is 0 Å². The minimum atomic E-state index is -0.363. The quantitative estimate of drug-likeness (QED) is 0.696. The summed E-state index contributed by atoms with van der Waals surface area (Å²) in [5.41, 5.74) is -0.363. The van der Waals surface area contributed by atoms with Gasteiger partial charge in [0.15, 0.2) is 0 Å². The van der Waals surface area contributed by atoms with Crippen molar-refractivity contribution in [3.63, 3.8) is 0 Å². The fourth-order valence-corrected chi connectivity index (χ4v) is 1.53. The van der Waals surface area contributed by atoms with E-state index in [0.717, 1.165) is 12.8 Å². The maximum atomic E-state index is 11.8. The van der Waals surface area contributed by atoms with Gasteiger partial charge >= 0.3 is 0 Å². The molecule has 2 N–H and O–H groups in total. The van der Waals surface area contributed by atoms with Gasteiger partial charge in [0.1, 0.15) is 0 Å². The average Bonchev–Trinajstić information content (AvgIpc) is 2.25. The molecule has 108 valence electrons. The highest BCUT2D eigenvalue weighted by Gasteiger charge is 2.24. The second-order valence-corrected chi connectivity index (χ2v) is 6.27. The first kappa shape index (κ1) is 17.4. The van der Waals surface area contributed by atoms with Crippen LogP contribution in [0.5, 0.6) is 0 Å². The summed E-state index contributed by atoms with van der Waals surface area (Å²) in [5.74, 6) is 0.690. The molecule has 0 heterocycles. The molecule has 0 aromatic carbocycles. The first-order valence-corrected chi connectivity index (χ1v) is 6.80. The number of amides is 1. The van der Waals surface area contributed by atoms with E-state index in [4.69, 9.17) is 0 Å². The number of nitrogens with one attached hydrogen (secondary N) is 1. The van der Waals surface area contributed by atoms with Crippen LogP contribution in [0.2, 0.25) is 0 Å². The van der Waals surface area contributed by atoms with Crippen LogP contribution in [0, 0.1) is 5.92 Å². The van der Waals surface area contributed by atoms with Crippen molar-refractivity contribution in [2.24, 2.45) is 5.92 Å². The number of aliphatic hydroxyl groups is 1. The molecular weight excluding hydrogens is 228 g/mol. The molecule has 0 fully saturated rings. The molecule has 18 heavy (non-hydrogen) atoms. The van der Waals surface area contributed by atoms with Gasteiger partial charge in [-0.1, -0.05) is 13.8 Å². The Balaban J connectivity index is 4.04. The number of rotatable bonds is 8. The normalized spacial score (nSPS) is 14.1. The molecule has 0 bridgehead atoms. The smallest absolute Gasteiger partial charge is 0.234 e. The molecule has 0 rings (SSSR count). The SMILES string of the molecule is CC(C)CCC(C)NC(=O)CN(C)C(C)(C)CO. The van der Waals surface area contributed by atoms with Crippen LogP contribution >= 0.6 is 0 Å². The van der Waals surface area contributed by atoms with Gasteiger partial charge < -0.3 is 10.4 Å². The molecule has 4 heteroatoms. The van der Waals surface area contributed by atoms with Crippen molar-refractivity contribution in [2.45, 2.75) is 59.0 Å². The number of hydrogen-bond acceptors (Lipinski definition) is 3. The van der Waals surface area contributed by atoms with Crippen molar-refractivity contribution >= 4 is 5.91 Å². The number of hydrogen-bond donors (Lipinski definition) is 2. The van der Waals surface area contributed by atoms with Gasteiger partial charge in [0.2, 0.25) is 5.91 Å². The molecule has 4 nitrogen and oxygen atoms in total. The van der Waals surface area contributed by atoms with E-state index in [1.165, 1.54) is 0 Å². The van der Waals surface area contributed by atoms with E-state index < -0.39 is 0 Å². The van der Waals surface area contributed by atoms with Gasteiger partial charge in [0.05, 0.1) is 13.2 Å². The number of aliphatic hydroxyl groups excluding tert-OH is 1. The third kappa shape index (κ3) is 6.97. The van der Waals surface area contributed by atoms with Crippen molar-refractivity contribution in [1.29, 1.82) is 0 Å². The van der Waals surface area contributed by atoms with Gasteiger partial charge in [-0.3, -0.25) is 9.69 Å². The summed E-state index contributed by atoms with van der Waals surface area (Å²) in [4.78, 5) is 13.7. The minimum absolute atomic E-state index is 0.0234. The molecule has 0 saturated carbocycles. The van der Waals surface area contributed by atoms with E-state index in [1.54, 1.807) is 0 Å². The topological polar surface area (TPSA) is 52.6 Å². The summed E-state index contributed by atoms with van der Waals surface area (Å²) in [5, 5.41) is 12.2. The monoisotopic (exact) mass is 258 g/mol. The maximum absolute atomic E-state index is 11.8. The van der Waals surface area contributed by atoms with E-state index in [1.807, 2.05) is 32.7 Å². The molecular formula is C14H30N2O2. The second-order valence-electron chi connectivity index (χ2n) is 6.27. The lowest BCUT2D eigenvalue weighted by Gasteiger charge is -2.33. The molecule has 1 atom stereocenters. The molecule has 1 unspecified atom stereocenters. The Hall–Kier alpha value is -0.610. The van der Waals surface area contributed by atoms with E-state index in [2.05, 4.69) is 19.2 Å². The van der Waals surface area contributed by atoms with Crippen molar-refractivity contribution in [1.82, 2.24) is 10.2 Å². The van der Waals surface area contributed by atoms with Crippen LogP contribution < -0.4 is 5.32 Å². The first-order chi connectivity index (χ1) is 8.19. The molecule has 0 saturated heterocycles. The summed E-state index contributed by atoms with van der Waals surface area (Å²) >= 11 is 0. The number of likely N-dealkylation sites (N-methyl/N-ethyl adjacent to an activating group) is 1. The largest absolute Gasteiger partial charge is 0.394 e. The number of carbonyl (C=O) groups is 1. The van der Waals surface area contributed by atoms with Crippen LogP contribution in [0.25, 0.3) is 0 Å². The highest BCUT2D eigenvalue weighted by Crippen LogP contribution is 2.10. The zero-order valence-corrected chi connectivity index (χ0v) is 12.8. The lowest BCUT2D eigenvalue weighted by molar-refractivity contribution is -0.124. The lowest BCUT2D eigenvalue weighted by atomic mass is 10.0. The highest BCUT2D eigenvalue weighted by molar-refractivity contribution is 5.78. The summed E-state index contributed by atoms with van der Waals surface area (Å²) in [6.07, 6.45) is 2.13. The van der Waals surface area contributed by atoms with Crippen LogP contribution in [-0.4, -0.2) is 47.7 Å². The Morgan fingerprint density at radius 3 is 2.28 bits per heavy atom. The fraction of sp³-hybridized carbons (Fsp3) is 0.929. The molecule has 0 aliphatic rings. The van der Waals surface area contributed by atoms with Crippen LogP contribution in [0.3, 0.4) is 0 Å². The summed E-state index contributed by atoms with van der Waals surface area (Å²) < 4.78 is 0. The zero-order chi connectivity index (χ0) is 14.3. The summed E-state index contributed by atoms with van der Waals surface area (Å²) in [6.45, 7) is 10.6. The molecule has 1 amide bonds. The molecule has 0 radical (unpaired) electrons. The second kappa shape index (κ2) is 7.74. The Bertz CT molecular complexity index is 252. The van der Waals surface area contributed by atoms with E-state index in [0.29, 0.717) is 12.5 Å². The van der Waals surface area contributed by atoms with Gasteiger partial charge in [0, 0.05) is 11.6 Å². The van der Waals surface area contributed by atoms with Crippen molar-refractivity contribution in [2.75, 3.05) is 20.2 Å². The van der Waals surface area contributed by atoms with Gasteiger partial charge in [-0.2, -0.15) is 0 Å². The van der Waals surface area contributed by atoms with E-state index in [9.17, 15) is 9.90 Å². The Morgan fingerprint density at radius 1 is 1.28 bits per heavy atom. The van der Waals surface area contributed by atoms with E-state index >= 15 is 0 Å². The highest BCUT2D eigenvalue weighted by atomic mass is 16.3. The predicted octanol–water partition coefficient (Wildman–Crippen LogP) is 1.63. The minimum Gasteiger partial charge on any atom is -0.394 e. The van der Waals surface area contributed by atoms with Gasteiger partial charge in [0.25, 0.3) is 0 Å².